The summed E-state index contributed by atoms with van der Waals surface area (Å²) in [7, 11) is -4.27. The van der Waals surface area contributed by atoms with Gasteiger partial charge in [-0.25, -0.2) is 8.42 Å². The van der Waals surface area contributed by atoms with Crippen LogP contribution in [0.4, 0.5) is 0 Å². The third kappa shape index (κ3) is 5.61. The summed E-state index contributed by atoms with van der Waals surface area (Å²) in [5.74, 6) is -0.803. The highest BCUT2D eigenvalue weighted by Crippen LogP contribution is 2.36. The van der Waals surface area contributed by atoms with E-state index in [1.807, 2.05) is 82.3 Å². The molecule has 37 heavy (non-hydrogen) atoms. The maximum Gasteiger partial charge on any atom is 0.494 e. The van der Waals surface area contributed by atoms with Crippen molar-refractivity contribution >= 4 is 34.1 Å². The van der Waals surface area contributed by atoms with E-state index in [2.05, 4.69) is 5.16 Å². The Balaban J connectivity index is 1.40. The molecule has 0 N–H and O–H groups in total. The molecule has 0 amide bonds. The second-order valence-corrected chi connectivity index (χ2v) is 13.4. The predicted molar refractivity (Wildman–Crippen MR) is 142 cm³/mol. The van der Waals surface area contributed by atoms with E-state index in [1.54, 1.807) is 0 Å². The van der Waals surface area contributed by atoms with Crippen LogP contribution in [0.25, 0.3) is 0 Å². The van der Waals surface area contributed by atoms with Crippen LogP contribution in [0, 0.1) is 0 Å². The second-order valence-electron chi connectivity index (χ2n) is 10.9. The first-order valence-electron chi connectivity index (χ1n) is 12.3. The maximum absolute atomic E-state index is 13.0. The number of hydrogen-bond acceptors (Lipinski definition) is 8. The molecular formula is C27H34BNO7S. The molecule has 1 saturated heterocycles. The van der Waals surface area contributed by atoms with Crippen molar-refractivity contribution in [2.75, 3.05) is 6.26 Å². The van der Waals surface area contributed by atoms with E-state index in [1.165, 1.54) is 6.92 Å². The van der Waals surface area contributed by atoms with Gasteiger partial charge in [-0.1, -0.05) is 59.8 Å². The lowest BCUT2D eigenvalue weighted by Gasteiger charge is -2.32. The molecular weight excluding hydrogens is 493 g/mol. The molecule has 1 fully saturated rings. The van der Waals surface area contributed by atoms with E-state index in [-0.39, 0.29) is 13.0 Å². The number of oxime groups is 1. The van der Waals surface area contributed by atoms with Crippen LogP contribution >= 0.6 is 0 Å². The first kappa shape index (κ1) is 27.4. The summed E-state index contributed by atoms with van der Waals surface area (Å²) in [6.45, 7) is 9.41. The number of esters is 1. The van der Waals surface area contributed by atoms with Gasteiger partial charge in [0.1, 0.15) is 12.7 Å². The zero-order valence-corrected chi connectivity index (χ0v) is 23.0. The Morgan fingerprint density at radius 3 is 2.22 bits per heavy atom. The number of benzene rings is 2. The van der Waals surface area contributed by atoms with Crippen molar-refractivity contribution < 1.29 is 32.1 Å². The molecule has 0 unspecified atom stereocenters. The molecule has 0 radical (unpaired) electrons. The van der Waals surface area contributed by atoms with Crippen LogP contribution in [-0.2, 0) is 40.1 Å². The summed E-state index contributed by atoms with van der Waals surface area (Å²) in [6, 6.07) is 16.8. The summed E-state index contributed by atoms with van der Waals surface area (Å²) in [6.07, 6.45) is 0.759. The van der Waals surface area contributed by atoms with E-state index >= 15 is 0 Å². The molecule has 0 bridgehead atoms. The Hall–Kier alpha value is -2.69. The number of sulfone groups is 1. The average molecular weight is 527 g/mol. The van der Waals surface area contributed by atoms with Crippen molar-refractivity contribution in [2.24, 2.45) is 5.16 Å². The van der Waals surface area contributed by atoms with Crippen LogP contribution in [0.1, 0.15) is 58.6 Å². The van der Waals surface area contributed by atoms with E-state index in [0.717, 1.165) is 22.8 Å². The Bertz CT molecular complexity index is 1260. The van der Waals surface area contributed by atoms with Crippen LogP contribution in [0.5, 0.6) is 0 Å². The van der Waals surface area contributed by atoms with Crippen LogP contribution in [0.15, 0.2) is 59.8 Å². The molecule has 0 saturated carbocycles. The van der Waals surface area contributed by atoms with Crippen molar-refractivity contribution in [3.63, 3.8) is 0 Å². The minimum absolute atomic E-state index is 0.00675. The Labute approximate surface area is 219 Å². The van der Waals surface area contributed by atoms with Gasteiger partial charge in [0.25, 0.3) is 0 Å². The molecule has 10 heteroatoms. The number of ether oxygens (including phenoxy) is 1. The minimum Gasteiger partial charge on any atom is -0.460 e. The molecule has 8 nitrogen and oxygen atoms in total. The zero-order valence-electron chi connectivity index (χ0n) is 22.2. The molecule has 0 aromatic heterocycles. The predicted octanol–water partition coefficient (Wildman–Crippen LogP) is 3.42. The molecule has 4 rings (SSSR count). The lowest BCUT2D eigenvalue weighted by Crippen LogP contribution is -2.46. The van der Waals surface area contributed by atoms with E-state index in [0.29, 0.717) is 12.1 Å². The average Bonchev–Trinajstić information content (AvgIpc) is 3.38. The highest BCUT2D eigenvalue weighted by Gasteiger charge is 2.52. The van der Waals surface area contributed by atoms with Crippen molar-refractivity contribution in [3.05, 3.63) is 65.7 Å². The second kappa shape index (κ2) is 9.89. The smallest absolute Gasteiger partial charge is 0.460 e. The number of hydrogen-bond donors (Lipinski definition) is 0. The zero-order chi connectivity index (χ0) is 27.1. The third-order valence-electron chi connectivity index (χ3n) is 7.58. The van der Waals surface area contributed by atoms with Gasteiger partial charge in [-0.2, -0.15) is 0 Å². The highest BCUT2D eigenvalue weighted by molar-refractivity contribution is 7.92. The van der Waals surface area contributed by atoms with E-state index in [4.69, 9.17) is 18.9 Å². The molecule has 2 aromatic carbocycles. The van der Waals surface area contributed by atoms with Gasteiger partial charge >= 0.3 is 13.1 Å². The summed E-state index contributed by atoms with van der Waals surface area (Å²) in [4.78, 5) is 18.5. The number of rotatable bonds is 8. The molecule has 2 aromatic rings. The van der Waals surface area contributed by atoms with Crippen molar-refractivity contribution in [3.8, 4) is 0 Å². The standard InChI is InChI=1S/C27H34BNO7S/c1-25(2)26(3,4)36-28(35-25)21-14-12-20(13-15-21)23-16-22(34-29-23)17-27(5,37(6,31)32)24(30)33-18-19-10-8-7-9-11-19/h7-15,22H,16-18H2,1-6H3/t22-,27-/m1/s1. The largest absolute Gasteiger partial charge is 0.494 e. The normalized spacial score (nSPS) is 22.2. The summed E-state index contributed by atoms with van der Waals surface area (Å²) in [5, 5.41) is 4.19. The van der Waals surface area contributed by atoms with Crippen LogP contribution in [-0.4, -0.2) is 55.5 Å². The lowest BCUT2D eigenvalue weighted by atomic mass is 9.78. The fourth-order valence-corrected chi connectivity index (χ4v) is 5.07. The van der Waals surface area contributed by atoms with Gasteiger partial charge in [-0.15, -0.1) is 0 Å². The first-order valence-corrected chi connectivity index (χ1v) is 14.2. The minimum atomic E-state index is -3.81. The van der Waals surface area contributed by atoms with Crippen LogP contribution in [0.3, 0.4) is 0 Å². The Morgan fingerprint density at radius 2 is 1.65 bits per heavy atom. The Morgan fingerprint density at radius 1 is 1.05 bits per heavy atom. The summed E-state index contributed by atoms with van der Waals surface area (Å²) in [5.41, 5.74) is 2.33. The quantitative estimate of drug-likeness (QED) is 0.383. The lowest BCUT2D eigenvalue weighted by molar-refractivity contribution is -0.148. The van der Waals surface area contributed by atoms with Gasteiger partial charge in [0, 0.05) is 19.1 Å². The Kier molecular flexibility index (Phi) is 7.31. The number of carbonyl (C=O) groups excluding carboxylic acids is 1. The van der Waals surface area contributed by atoms with Crippen molar-refractivity contribution in [1.29, 1.82) is 0 Å². The summed E-state index contributed by atoms with van der Waals surface area (Å²) < 4.78 is 41.2. The molecule has 2 atom stereocenters. The van der Waals surface area contributed by atoms with Gasteiger partial charge in [0.05, 0.1) is 16.9 Å². The molecule has 0 aliphatic carbocycles. The summed E-state index contributed by atoms with van der Waals surface area (Å²) >= 11 is 0. The van der Waals surface area contributed by atoms with Gasteiger partial charge in [0.15, 0.2) is 14.6 Å². The molecule has 198 valence electrons. The first-order chi connectivity index (χ1) is 17.2. The van der Waals surface area contributed by atoms with Crippen LogP contribution in [0.2, 0.25) is 0 Å². The molecule has 2 heterocycles. The van der Waals surface area contributed by atoms with Gasteiger partial charge < -0.3 is 18.9 Å². The van der Waals surface area contributed by atoms with Gasteiger partial charge in [-0.05, 0) is 51.2 Å². The van der Waals surface area contributed by atoms with Crippen molar-refractivity contribution in [1.82, 2.24) is 0 Å². The maximum atomic E-state index is 13.0. The highest BCUT2D eigenvalue weighted by atomic mass is 32.2. The van der Waals surface area contributed by atoms with Gasteiger partial charge in [0.2, 0.25) is 0 Å². The molecule has 2 aliphatic heterocycles. The van der Waals surface area contributed by atoms with E-state index in [9.17, 15) is 13.2 Å². The SMILES string of the molecule is CC1(C)OB(c2ccc(C3=NO[C@@H](C[C@](C)(C(=O)OCc4ccccc4)S(C)(=O)=O)C3)cc2)OC1(C)C. The molecule has 0 spiro atoms. The topological polar surface area (TPSA) is 100 Å². The van der Waals surface area contributed by atoms with E-state index < -0.39 is 45.0 Å². The number of nitrogens with zero attached hydrogens (tertiary/aromatic N) is 1. The fraction of sp³-hybridized carbons (Fsp3) is 0.481. The number of carbonyl (C=O) groups is 1. The van der Waals surface area contributed by atoms with Crippen molar-refractivity contribution in [2.45, 2.75) is 76.1 Å². The third-order valence-corrected chi connectivity index (χ3v) is 9.55. The fourth-order valence-electron chi connectivity index (χ4n) is 4.22. The van der Waals surface area contributed by atoms with Gasteiger partial charge in [-0.3, -0.25) is 4.79 Å². The molecule has 2 aliphatic rings. The monoisotopic (exact) mass is 527 g/mol. The van der Waals surface area contributed by atoms with Crippen LogP contribution < -0.4 is 5.46 Å².